The Morgan fingerprint density at radius 2 is 1.81 bits per heavy atom. The SMILES string of the molecule is O=C(O)C[C@@H]1C[C@@H](F)CN1C(=O)c1cc(C2CC2)c(OCC2(F)CCN(Cc3ccc(C(F)(F)F)cc3Cl)CC2)cc1F. The predicted octanol–water partition coefficient (Wildman–Crippen LogP) is 6.79. The molecule has 0 bridgehead atoms. The Hall–Kier alpha value is -2.99. The first-order chi connectivity index (χ1) is 20.2. The third kappa shape index (κ3) is 7.39. The maximum Gasteiger partial charge on any atom is 0.416 e. The first-order valence-corrected chi connectivity index (χ1v) is 14.5. The van der Waals surface area contributed by atoms with E-state index < -0.39 is 53.7 Å². The highest BCUT2D eigenvalue weighted by atomic mass is 35.5. The van der Waals surface area contributed by atoms with Crippen LogP contribution in [0.25, 0.3) is 0 Å². The highest BCUT2D eigenvalue weighted by molar-refractivity contribution is 6.31. The van der Waals surface area contributed by atoms with Crippen molar-refractivity contribution in [2.24, 2.45) is 0 Å². The van der Waals surface area contributed by atoms with Gasteiger partial charge < -0.3 is 14.7 Å². The number of likely N-dealkylation sites (tertiary alicyclic amines) is 2. The van der Waals surface area contributed by atoms with Gasteiger partial charge in [0.25, 0.3) is 5.91 Å². The number of ether oxygens (including phenoxy) is 1. The van der Waals surface area contributed by atoms with Gasteiger partial charge >= 0.3 is 12.1 Å². The van der Waals surface area contributed by atoms with Crippen molar-refractivity contribution in [3.05, 3.63) is 63.4 Å². The molecule has 5 rings (SSSR count). The Morgan fingerprint density at radius 1 is 1.12 bits per heavy atom. The van der Waals surface area contributed by atoms with Crippen LogP contribution in [0.15, 0.2) is 30.3 Å². The first kappa shape index (κ1) is 31.4. The molecule has 2 atom stereocenters. The van der Waals surface area contributed by atoms with Crippen molar-refractivity contribution in [1.82, 2.24) is 9.80 Å². The van der Waals surface area contributed by atoms with E-state index in [1.165, 1.54) is 12.1 Å². The van der Waals surface area contributed by atoms with Gasteiger partial charge in [-0.3, -0.25) is 14.5 Å². The van der Waals surface area contributed by atoms with Crippen LogP contribution in [-0.2, 0) is 17.5 Å². The number of aliphatic carboxylic acids is 1. The molecule has 0 spiro atoms. The normalized spacial score (nSPS) is 22.5. The fourth-order valence-corrected chi connectivity index (χ4v) is 6.03. The predicted molar refractivity (Wildman–Crippen MR) is 145 cm³/mol. The molecule has 1 saturated carbocycles. The lowest BCUT2D eigenvalue weighted by Crippen LogP contribution is -2.44. The van der Waals surface area contributed by atoms with Gasteiger partial charge in [-0.2, -0.15) is 13.2 Å². The number of alkyl halides is 5. The molecule has 2 saturated heterocycles. The van der Waals surface area contributed by atoms with Crippen LogP contribution in [0.2, 0.25) is 5.02 Å². The molecule has 2 aliphatic heterocycles. The summed E-state index contributed by atoms with van der Waals surface area (Å²) in [5.74, 6) is -2.78. The first-order valence-electron chi connectivity index (χ1n) is 14.1. The molecular weight excluding hydrogens is 602 g/mol. The molecule has 2 heterocycles. The molecule has 6 nitrogen and oxygen atoms in total. The number of carboxylic acids is 1. The van der Waals surface area contributed by atoms with Crippen molar-refractivity contribution in [3.63, 3.8) is 0 Å². The van der Waals surface area contributed by atoms with Crippen LogP contribution in [-0.4, -0.2) is 70.9 Å². The van der Waals surface area contributed by atoms with Crippen molar-refractivity contribution < 1.29 is 45.8 Å². The number of nitrogens with zero attached hydrogens (tertiary/aromatic N) is 2. The van der Waals surface area contributed by atoms with Crippen LogP contribution in [0.4, 0.5) is 26.3 Å². The van der Waals surface area contributed by atoms with Crippen LogP contribution >= 0.6 is 11.6 Å². The third-order valence-electron chi connectivity index (χ3n) is 8.39. The van der Waals surface area contributed by atoms with Gasteiger partial charge in [0.2, 0.25) is 0 Å². The van der Waals surface area contributed by atoms with Gasteiger partial charge in [-0.1, -0.05) is 17.7 Å². The van der Waals surface area contributed by atoms with Crippen molar-refractivity contribution in [2.45, 2.75) is 75.0 Å². The van der Waals surface area contributed by atoms with E-state index in [1.807, 2.05) is 4.90 Å². The maximum absolute atomic E-state index is 15.7. The standard InChI is InChI=1S/C30H31ClF6N2O4/c31-24-9-19(30(35,36)37)4-3-18(24)14-38-7-5-29(34,6-8-38)16-43-26-13-25(33)23(12-22(26)17-1-2-17)28(42)39-15-20(32)10-21(39)11-27(40)41/h3-4,9,12-13,17,20-21H,1-2,5-8,10-11,14-16H2,(H,40,41)/t20-,21+/m1/s1. The summed E-state index contributed by atoms with van der Waals surface area (Å²) in [6.45, 7) is 0.188. The Labute approximate surface area is 249 Å². The average Bonchev–Trinajstić information content (AvgIpc) is 3.71. The van der Waals surface area contributed by atoms with Gasteiger partial charge in [0.15, 0.2) is 0 Å². The quantitative estimate of drug-likeness (QED) is 0.309. The summed E-state index contributed by atoms with van der Waals surface area (Å²) in [6, 6.07) is 4.68. The molecule has 1 aliphatic carbocycles. The number of carbonyl (C=O) groups excluding carboxylic acids is 1. The topological polar surface area (TPSA) is 70.1 Å². The number of piperidine rings is 1. The summed E-state index contributed by atoms with van der Waals surface area (Å²) in [7, 11) is 0. The largest absolute Gasteiger partial charge is 0.490 e. The second-order valence-corrected chi connectivity index (χ2v) is 12.1. The molecule has 1 N–H and O–H groups in total. The number of hydrogen-bond donors (Lipinski definition) is 1. The van der Waals surface area contributed by atoms with E-state index in [4.69, 9.17) is 21.4 Å². The van der Waals surface area contributed by atoms with Gasteiger partial charge in [-0.05, 0) is 60.9 Å². The number of rotatable bonds is 9. The van der Waals surface area contributed by atoms with Crippen molar-refractivity contribution in [3.8, 4) is 5.75 Å². The molecule has 234 valence electrons. The molecule has 2 aromatic rings. The van der Waals surface area contributed by atoms with Gasteiger partial charge in [0.1, 0.15) is 30.0 Å². The summed E-state index contributed by atoms with van der Waals surface area (Å²) < 4.78 is 89.6. The number of carboxylic acid groups (broad SMARTS) is 1. The second-order valence-electron chi connectivity index (χ2n) is 11.7. The van der Waals surface area contributed by atoms with Crippen molar-refractivity contribution in [1.29, 1.82) is 0 Å². The zero-order valence-corrected chi connectivity index (χ0v) is 23.9. The molecular formula is C30H31ClF6N2O4. The fourth-order valence-electron chi connectivity index (χ4n) is 5.79. The van der Waals surface area contributed by atoms with Crippen LogP contribution in [0.1, 0.15) is 71.5 Å². The van der Waals surface area contributed by atoms with Crippen LogP contribution < -0.4 is 4.74 Å². The van der Waals surface area contributed by atoms with E-state index in [0.717, 1.165) is 35.9 Å². The molecule has 3 aliphatic rings. The van der Waals surface area contributed by atoms with E-state index >= 15 is 8.78 Å². The van der Waals surface area contributed by atoms with E-state index in [1.54, 1.807) is 0 Å². The smallest absolute Gasteiger partial charge is 0.416 e. The van der Waals surface area contributed by atoms with E-state index in [2.05, 4.69) is 0 Å². The summed E-state index contributed by atoms with van der Waals surface area (Å²) in [6.07, 6.45) is -4.79. The minimum atomic E-state index is -4.50. The highest BCUT2D eigenvalue weighted by Crippen LogP contribution is 2.46. The summed E-state index contributed by atoms with van der Waals surface area (Å²) in [4.78, 5) is 27.3. The van der Waals surface area contributed by atoms with Crippen LogP contribution in [0.3, 0.4) is 0 Å². The maximum atomic E-state index is 15.7. The minimum absolute atomic E-state index is 0.00430. The lowest BCUT2D eigenvalue weighted by Gasteiger charge is -2.36. The van der Waals surface area contributed by atoms with Gasteiger partial charge in [-0.25, -0.2) is 13.2 Å². The average molecular weight is 633 g/mol. The Morgan fingerprint density at radius 3 is 2.42 bits per heavy atom. The third-order valence-corrected chi connectivity index (χ3v) is 8.75. The summed E-state index contributed by atoms with van der Waals surface area (Å²) >= 11 is 6.07. The molecule has 0 unspecified atom stereocenters. The molecule has 3 fully saturated rings. The lowest BCUT2D eigenvalue weighted by atomic mass is 9.93. The summed E-state index contributed by atoms with van der Waals surface area (Å²) in [5, 5.41) is 9.12. The van der Waals surface area contributed by atoms with Crippen LogP contribution in [0.5, 0.6) is 5.75 Å². The van der Waals surface area contributed by atoms with E-state index in [9.17, 15) is 27.2 Å². The summed E-state index contributed by atoms with van der Waals surface area (Å²) in [5.41, 5.74) is -1.83. The van der Waals surface area contributed by atoms with E-state index in [0.29, 0.717) is 24.2 Å². The van der Waals surface area contributed by atoms with Crippen molar-refractivity contribution in [2.75, 3.05) is 26.2 Å². The van der Waals surface area contributed by atoms with Crippen molar-refractivity contribution >= 4 is 23.5 Å². The molecule has 0 radical (unpaired) electrons. The fraction of sp³-hybridized carbons (Fsp3) is 0.533. The molecule has 1 amide bonds. The van der Waals surface area contributed by atoms with Gasteiger partial charge in [-0.15, -0.1) is 0 Å². The number of amides is 1. The van der Waals surface area contributed by atoms with Gasteiger partial charge in [0, 0.05) is 43.2 Å². The number of hydrogen-bond acceptors (Lipinski definition) is 4. The van der Waals surface area contributed by atoms with E-state index in [-0.39, 0.29) is 61.2 Å². The van der Waals surface area contributed by atoms with Gasteiger partial charge in [0.05, 0.1) is 24.1 Å². The zero-order chi connectivity index (χ0) is 31.1. The number of carbonyl (C=O) groups is 2. The molecule has 43 heavy (non-hydrogen) atoms. The monoisotopic (exact) mass is 632 g/mol. The van der Waals surface area contributed by atoms with Crippen LogP contribution in [0, 0.1) is 5.82 Å². The zero-order valence-electron chi connectivity index (χ0n) is 23.1. The lowest BCUT2D eigenvalue weighted by molar-refractivity contribution is -0.138. The number of halogens is 7. The highest BCUT2D eigenvalue weighted by Gasteiger charge is 2.40. The Balaban J connectivity index is 1.22. The molecule has 13 heteroatoms. The number of benzene rings is 2. The Bertz CT molecular complexity index is 1380. The Kier molecular flexibility index (Phi) is 8.91. The molecule has 2 aromatic carbocycles. The molecule has 0 aromatic heterocycles. The second kappa shape index (κ2) is 12.2. The minimum Gasteiger partial charge on any atom is -0.490 e.